The molecule has 2 unspecified atom stereocenters. The van der Waals surface area contributed by atoms with Crippen molar-refractivity contribution in [2.75, 3.05) is 24.5 Å². The van der Waals surface area contributed by atoms with Gasteiger partial charge in [-0.3, -0.25) is 0 Å². The summed E-state index contributed by atoms with van der Waals surface area (Å²) in [5.74, 6) is 0.697. The third-order valence-electron chi connectivity index (χ3n) is 3.44. The number of aryl methyl sites for hydroxylation is 1. The number of nitrogens with one attached hydrogen (secondary N) is 1. The fourth-order valence-corrected chi connectivity index (χ4v) is 2.98. The Morgan fingerprint density at radius 2 is 2.06 bits per heavy atom. The molecule has 1 heterocycles. The van der Waals surface area contributed by atoms with Crippen LogP contribution in [0.1, 0.15) is 19.4 Å². The molecule has 1 fully saturated rings. The van der Waals surface area contributed by atoms with Crippen LogP contribution in [0.4, 0.5) is 5.69 Å². The predicted molar refractivity (Wildman–Crippen MR) is 77.7 cm³/mol. The van der Waals surface area contributed by atoms with Crippen LogP contribution in [0, 0.1) is 12.8 Å². The van der Waals surface area contributed by atoms with Crippen LogP contribution in [0.25, 0.3) is 0 Å². The third kappa shape index (κ3) is 3.02. The van der Waals surface area contributed by atoms with E-state index in [0.717, 1.165) is 24.1 Å². The van der Waals surface area contributed by atoms with E-state index in [4.69, 9.17) is 0 Å². The average Bonchev–Trinajstić information content (AvgIpc) is 2.41. The molecule has 2 nitrogen and oxygen atoms in total. The molecule has 0 radical (unpaired) electrons. The van der Waals surface area contributed by atoms with Crippen molar-refractivity contribution in [3.05, 3.63) is 28.2 Å². The Kier molecular flexibility index (Phi) is 4.10. The minimum atomic E-state index is 0.555. The molecule has 0 saturated carbocycles. The molecule has 1 aliphatic heterocycles. The van der Waals surface area contributed by atoms with Crippen LogP contribution in [-0.4, -0.2) is 25.7 Å². The molecule has 1 aromatic rings. The van der Waals surface area contributed by atoms with Crippen molar-refractivity contribution in [2.45, 2.75) is 26.8 Å². The first-order valence-electron chi connectivity index (χ1n) is 6.31. The molecule has 0 bridgehead atoms. The van der Waals surface area contributed by atoms with Crippen LogP contribution in [0.15, 0.2) is 22.7 Å². The van der Waals surface area contributed by atoms with Gasteiger partial charge in [0, 0.05) is 29.3 Å². The molecule has 0 aliphatic carbocycles. The molecule has 3 heteroatoms. The summed E-state index contributed by atoms with van der Waals surface area (Å²) in [6, 6.07) is 7.12. The lowest BCUT2D eigenvalue weighted by atomic mass is 10.1. The summed E-state index contributed by atoms with van der Waals surface area (Å²) in [4.78, 5) is 2.53. The summed E-state index contributed by atoms with van der Waals surface area (Å²) in [5, 5.41) is 3.53. The third-order valence-corrected chi connectivity index (χ3v) is 3.93. The van der Waals surface area contributed by atoms with Crippen molar-refractivity contribution in [3.63, 3.8) is 0 Å². The van der Waals surface area contributed by atoms with E-state index in [-0.39, 0.29) is 0 Å². The van der Waals surface area contributed by atoms with E-state index in [1.165, 1.54) is 11.3 Å². The second-order valence-electron chi connectivity index (χ2n) is 5.20. The Bertz CT molecular complexity index is 392. The van der Waals surface area contributed by atoms with Crippen LogP contribution >= 0.6 is 15.9 Å². The molecule has 94 valence electrons. The zero-order valence-corrected chi connectivity index (χ0v) is 12.4. The first-order valence-corrected chi connectivity index (χ1v) is 7.10. The monoisotopic (exact) mass is 296 g/mol. The average molecular weight is 297 g/mol. The first kappa shape index (κ1) is 12.9. The predicted octanol–water partition coefficient (Wildman–Crippen LogP) is 3.19. The molecule has 2 rings (SSSR count). The van der Waals surface area contributed by atoms with Crippen molar-refractivity contribution >= 4 is 21.6 Å². The Balaban J connectivity index is 2.29. The molecule has 2 atom stereocenters. The fourth-order valence-electron chi connectivity index (χ4n) is 2.51. The van der Waals surface area contributed by atoms with E-state index in [1.54, 1.807) is 0 Å². The highest BCUT2D eigenvalue weighted by Crippen LogP contribution is 2.26. The van der Waals surface area contributed by atoms with Crippen molar-refractivity contribution < 1.29 is 0 Å². The van der Waals surface area contributed by atoms with E-state index in [1.807, 2.05) is 0 Å². The SMILES string of the molecule is Cc1cc(Br)ccc1N1CC(C)CNCC1C. The Morgan fingerprint density at radius 1 is 1.29 bits per heavy atom. The van der Waals surface area contributed by atoms with Gasteiger partial charge in [-0.1, -0.05) is 22.9 Å². The molecular formula is C14H21BrN2. The summed E-state index contributed by atoms with van der Waals surface area (Å²) in [6.07, 6.45) is 0. The van der Waals surface area contributed by atoms with Gasteiger partial charge >= 0.3 is 0 Å². The van der Waals surface area contributed by atoms with Gasteiger partial charge in [0.15, 0.2) is 0 Å². The largest absolute Gasteiger partial charge is 0.367 e. The van der Waals surface area contributed by atoms with Crippen LogP contribution in [0.5, 0.6) is 0 Å². The molecule has 1 aliphatic rings. The summed E-state index contributed by atoms with van der Waals surface area (Å²) >= 11 is 3.53. The molecular weight excluding hydrogens is 276 g/mol. The Labute approximate surface area is 113 Å². The lowest BCUT2D eigenvalue weighted by molar-refractivity contribution is 0.563. The van der Waals surface area contributed by atoms with E-state index >= 15 is 0 Å². The fraction of sp³-hybridized carbons (Fsp3) is 0.571. The van der Waals surface area contributed by atoms with Crippen molar-refractivity contribution in [1.29, 1.82) is 0 Å². The minimum Gasteiger partial charge on any atom is -0.367 e. The maximum atomic E-state index is 3.53. The van der Waals surface area contributed by atoms with Gasteiger partial charge in [0.25, 0.3) is 0 Å². The van der Waals surface area contributed by atoms with Crippen LogP contribution < -0.4 is 10.2 Å². The standard InChI is InChI=1S/C14H21BrN2/c1-10-7-16-8-12(3)17(9-10)14-5-4-13(15)6-11(14)2/h4-6,10,12,16H,7-9H2,1-3H3. The van der Waals surface area contributed by atoms with E-state index in [9.17, 15) is 0 Å². The highest BCUT2D eigenvalue weighted by molar-refractivity contribution is 9.10. The maximum Gasteiger partial charge on any atom is 0.0399 e. The molecule has 1 N–H and O–H groups in total. The highest BCUT2D eigenvalue weighted by atomic mass is 79.9. The van der Waals surface area contributed by atoms with Gasteiger partial charge in [-0.25, -0.2) is 0 Å². The maximum absolute atomic E-state index is 3.53. The number of hydrogen-bond donors (Lipinski definition) is 1. The quantitative estimate of drug-likeness (QED) is 0.856. The van der Waals surface area contributed by atoms with Crippen LogP contribution in [0.3, 0.4) is 0 Å². The number of rotatable bonds is 1. The minimum absolute atomic E-state index is 0.555. The molecule has 17 heavy (non-hydrogen) atoms. The summed E-state index contributed by atoms with van der Waals surface area (Å²) in [6.45, 7) is 10.1. The second-order valence-corrected chi connectivity index (χ2v) is 6.11. The molecule has 0 amide bonds. The highest BCUT2D eigenvalue weighted by Gasteiger charge is 2.21. The molecule has 0 spiro atoms. The topological polar surface area (TPSA) is 15.3 Å². The number of nitrogens with zero attached hydrogens (tertiary/aromatic N) is 1. The number of anilines is 1. The van der Waals surface area contributed by atoms with Crippen molar-refractivity contribution in [2.24, 2.45) is 5.92 Å². The van der Waals surface area contributed by atoms with Gasteiger partial charge in [0.05, 0.1) is 0 Å². The summed E-state index contributed by atoms with van der Waals surface area (Å²) in [7, 11) is 0. The van der Waals surface area contributed by atoms with Crippen LogP contribution in [0.2, 0.25) is 0 Å². The van der Waals surface area contributed by atoms with Gasteiger partial charge in [-0.05, 0) is 50.1 Å². The van der Waals surface area contributed by atoms with E-state index in [0.29, 0.717) is 12.0 Å². The summed E-state index contributed by atoms with van der Waals surface area (Å²) in [5.41, 5.74) is 2.72. The van der Waals surface area contributed by atoms with Gasteiger partial charge in [0.1, 0.15) is 0 Å². The Morgan fingerprint density at radius 3 is 2.76 bits per heavy atom. The normalized spacial score (nSPS) is 25.8. The van der Waals surface area contributed by atoms with Crippen molar-refractivity contribution in [3.8, 4) is 0 Å². The lowest BCUT2D eigenvalue weighted by Crippen LogP contribution is -2.38. The molecule has 1 aromatic carbocycles. The van der Waals surface area contributed by atoms with Crippen molar-refractivity contribution in [1.82, 2.24) is 5.32 Å². The van der Waals surface area contributed by atoms with Gasteiger partial charge in [0.2, 0.25) is 0 Å². The number of benzene rings is 1. The number of halogens is 1. The molecule has 0 aromatic heterocycles. The van der Waals surface area contributed by atoms with Gasteiger partial charge in [-0.2, -0.15) is 0 Å². The van der Waals surface area contributed by atoms with E-state index < -0.39 is 0 Å². The van der Waals surface area contributed by atoms with Gasteiger partial charge < -0.3 is 10.2 Å². The number of hydrogen-bond acceptors (Lipinski definition) is 2. The zero-order chi connectivity index (χ0) is 12.4. The smallest absolute Gasteiger partial charge is 0.0399 e. The Hall–Kier alpha value is -0.540. The summed E-state index contributed by atoms with van der Waals surface area (Å²) < 4.78 is 1.16. The first-order chi connectivity index (χ1) is 8.08. The van der Waals surface area contributed by atoms with E-state index in [2.05, 4.69) is 65.1 Å². The lowest BCUT2D eigenvalue weighted by Gasteiger charge is -2.32. The molecule has 1 saturated heterocycles. The van der Waals surface area contributed by atoms with Crippen LogP contribution in [-0.2, 0) is 0 Å². The van der Waals surface area contributed by atoms with Gasteiger partial charge in [-0.15, -0.1) is 0 Å². The second kappa shape index (κ2) is 5.40. The zero-order valence-electron chi connectivity index (χ0n) is 10.8.